The first-order valence-corrected chi connectivity index (χ1v) is 12.1. The molecule has 3 aromatic rings. The number of hydrogen-bond donors (Lipinski definition) is 4. The summed E-state index contributed by atoms with van der Waals surface area (Å²) in [7, 11) is 0. The quantitative estimate of drug-likeness (QED) is 0.381. The molecule has 5 rings (SSSR count). The average Bonchev–Trinajstić information content (AvgIpc) is 3.49. The maximum absolute atomic E-state index is 11.8. The van der Waals surface area contributed by atoms with Gasteiger partial charge in [-0.25, -0.2) is 9.97 Å². The van der Waals surface area contributed by atoms with Gasteiger partial charge in [0.2, 0.25) is 5.95 Å². The van der Waals surface area contributed by atoms with Crippen LogP contribution < -0.4 is 16.0 Å². The van der Waals surface area contributed by atoms with E-state index < -0.39 is 0 Å². The second-order valence-electron chi connectivity index (χ2n) is 8.33. The van der Waals surface area contributed by atoms with Crippen molar-refractivity contribution in [1.29, 1.82) is 0 Å². The maximum atomic E-state index is 11.8. The summed E-state index contributed by atoms with van der Waals surface area (Å²) in [5.74, 6) is 0.145. The molecule has 0 bridgehead atoms. The van der Waals surface area contributed by atoms with Gasteiger partial charge < -0.3 is 15.6 Å². The van der Waals surface area contributed by atoms with Crippen molar-refractivity contribution in [2.45, 2.75) is 44.3 Å². The molecule has 1 saturated heterocycles. The summed E-state index contributed by atoms with van der Waals surface area (Å²) in [6.45, 7) is 0.777. The molecule has 34 heavy (non-hydrogen) atoms. The molecule has 2 fully saturated rings. The van der Waals surface area contributed by atoms with Crippen LogP contribution in [0.1, 0.15) is 36.9 Å². The third-order valence-corrected chi connectivity index (χ3v) is 6.79. The highest BCUT2D eigenvalue weighted by Crippen LogP contribution is 2.26. The molecule has 1 aliphatic heterocycles. The zero-order valence-electron chi connectivity index (χ0n) is 18.5. The Kier molecular flexibility index (Phi) is 6.68. The molecule has 174 valence electrons. The molecular weight excluding hydrogens is 450 g/mol. The fourth-order valence-corrected chi connectivity index (χ4v) is 4.92. The molecule has 0 radical (unpaired) electrons. The van der Waals surface area contributed by atoms with Crippen LogP contribution in [0.4, 0.5) is 10.7 Å². The van der Waals surface area contributed by atoms with Gasteiger partial charge in [-0.05, 0) is 73.4 Å². The van der Waals surface area contributed by atoms with Gasteiger partial charge in [-0.3, -0.25) is 19.9 Å². The maximum Gasteiger partial charge on any atom is 0.290 e. The van der Waals surface area contributed by atoms with Gasteiger partial charge in [-0.1, -0.05) is 6.07 Å². The Bertz CT molecular complexity index is 1200. The first kappa shape index (κ1) is 22.3. The normalized spacial score (nSPS) is 21.6. The molecule has 0 atom stereocenters. The Balaban J connectivity index is 1.13. The smallest absolute Gasteiger partial charge is 0.290 e. The van der Waals surface area contributed by atoms with Crippen LogP contribution in [0.2, 0.25) is 0 Å². The summed E-state index contributed by atoms with van der Waals surface area (Å²) in [5, 5.41) is 9.00. The Morgan fingerprint density at radius 3 is 2.65 bits per heavy atom. The molecule has 4 heterocycles. The fourth-order valence-electron chi connectivity index (χ4n) is 4.26. The number of hydrogen-bond acceptors (Lipinski definition) is 8. The molecule has 0 aromatic carbocycles. The van der Waals surface area contributed by atoms with Crippen LogP contribution in [-0.2, 0) is 11.3 Å². The van der Waals surface area contributed by atoms with E-state index >= 15 is 0 Å². The minimum Gasteiger partial charge on any atom is -0.360 e. The first-order chi connectivity index (χ1) is 16.6. The minimum absolute atomic E-state index is 0.291. The van der Waals surface area contributed by atoms with Gasteiger partial charge in [0.25, 0.3) is 11.1 Å². The molecule has 0 unspecified atom stereocenters. The molecule has 0 spiro atoms. The van der Waals surface area contributed by atoms with Crippen LogP contribution in [0.3, 0.4) is 0 Å². The number of nitrogens with one attached hydrogen (secondary N) is 4. The summed E-state index contributed by atoms with van der Waals surface area (Å²) < 4.78 is 0. The number of anilines is 1. The number of aromatic nitrogens is 4. The van der Waals surface area contributed by atoms with Crippen LogP contribution in [0.25, 0.3) is 17.5 Å². The van der Waals surface area contributed by atoms with E-state index in [1.807, 2.05) is 30.6 Å². The molecule has 1 aliphatic carbocycles. The van der Waals surface area contributed by atoms with Crippen molar-refractivity contribution in [3.63, 3.8) is 0 Å². The van der Waals surface area contributed by atoms with E-state index in [9.17, 15) is 9.59 Å². The molecule has 2 amide bonds. The Hall–Kier alpha value is -3.50. The Morgan fingerprint density at radius 1 is 1.03 bits per heavy atom. The largest absolute Gasteiger partial charge is 0.360 e. The SMILES string of the molecule is O=C1NC(=O)C(=Cc2ccnc(NC3CCC(NCc4cccnc4-c4ccc[nH]4)CC3)n2)S1. The van der Waals surface area contributed by atoms with Gasteiger partial charge in [0.05, 0.1) is 22.0 Å². The number of H-pyrrole nitrogens is 1. The number of nitrogens with zero attached hydrogens (tertiary/aromatic N) is 3. The minimum atomic E-state index is -0.389. The number of carbonyl (C=O) groups excluding carboxylic acids is 2. The zero-order chi connectivity index (χ0) is 23.3. The van der Waals surface area contributed by atoms with E-state index in [1.54, 1.807) is 18.3 Å². The third kappa shape index (κ3) is 5.35. The van der Waals surface area contributed by atoms with E-state index in [4.69, 9.17) is 0 Å². The van der Waals surface area contributed by atoms with E-state index in [-0.39, 0.29) is 11.1 Å². The lowest BCUT2D eigenvalue weighted by molar-refractivity contribution is -0.115. The van der Waals surface area contributed by atoms with E-state index in [1.165, 1.54) is 5.56 Å². The van der Waals surface area contributed by atoms with Crippen LogP contribution in [0.15, 0.2) is 53.8 Å². The third-order valence-electron chi connectivity index (χ3n) is 5.98. The second kappa shape index (κ2) is 10.2. The van der Waals surface area contributed by atoms with Gasteiger partial charge in [-0.2, -0.15) is 0 Å². The lowest BCUT2D eigenvalue weighted by Crippen LogP contribution is -2.37. The van der Waals surface area contributed by atoms with Crippen LogP contribution >= 0.6 is 11.8 Å². The standard InChI is InChI=1S/C24H25N7O2S/c32-22-20(34-24(33)31-22)13-18-9-12-27-23(30-18)29-17-7-5-16(6-8-17)28-14-15-3-1-11-26-21(15)19-4-2-10-25-19/h1-4,9-13,16-17,25,28H,5-8,14H2,(H,27,29,30)(H,31,32,33). The highest BCUT2D eigenvalue weighted by Gasteiger charge is 2.25. The van der Waals surface area contributed by atoms with Gasteiger partial charge in [0.1, 0.15) is 0 Å². The Labute approximate surface area is 201 Å². The molecule has 2 aliphatic rings. The monoisotopic (exact) mass is 475 g/mol. The molecule has 10 heteroatoms. The van der Waals surface area contributed by atoms with Crippen molar-refractivity contribution < 1.29 is 9.59 Å². The fraction of sp³-hybridized carbons (Fsp3) is 0.292. The first-order valence-electron chi connectivity index (χ1n) is 11.3. The second-order valence-corrected chi connectivity index (χ2v) is 9.34. The predicted octanol–water partition coefficient (Wildman–Crippen LogP) is 3.70. The van der Waals surface area contributed by atoms with E-state index in [0.717, 1.165) is 55.4 Å². The lowest BCUT2D eigenvalue weighted by Gasteiger charge is -2.30. The van der Waals surface area contributed by atoms with E-state index in [2.05, 4.69) is 42.0 Å². The number of aromatic amines is 1. The van der Waals surface area contributed by atoms with Gasteiger partial charge >= 0.3 is 0 Å². The van der Waals surface area contributed by atoms with Crippen molar-refractivity contribution in [2.24, 2.45) is 0 Å². The van der Waals surface area contributed by atoms with Crippen LogP contribution in [-0.4, -0.2) is 43.2 Å². The zero-order valence-corrected chi connectivity index (χ0v) is 19.3. The van der Waals surface area contributed by atoms with Gasteiger partial charge in [0, 0.05) is 37.2 Å². The van der Waals surface area contributed by atoms with E-state index in [0.29, 0.717) is 28.6 Å². The van der Waals surface area contributed by atoms with Gasteiger partial charge in [0.15, 0.2) is 0 Å². The summed E-state index contributed by atoms with van der Waals surface area (Å²) in [6.07, 6.45) is 11.1. The number of carbonyl (C=O) groups is 2. The summed E-state index contributed by atoms with van der Waals surface area (Å²) in [6, 6.07) is 10.6. The summed E-state index contributed by atoms with van der Waals surface area (Å²) >= 11 is 0.881. The van der Waals surface area contributed by atoms with Crippen LogP contribution in [0.5, 0.6) is 0 Å². The molecular formula is C24H25N7O2S. The van der Waals surface area contributed by atoms with Crippen molar-refractivity contribution in [2.75, 3.05) is 5.32 Å². The number of pyridine rings is 1. The van der Waals surface area contributed by atoms with Gasteiger partial charge in [-0.15, -0.1) is 0 Å². The number of rotatable bonds is 7. The topological polar surface area (TPSA) is 125 Å². The highest BCUT2D eigenvalue weighted by atomic mass is 32.2. The lowest BCUT2D eigenvalue weighted by atomic mass is 9.91. The number of imide groups is 1. The molecule has 4 N–H and O–H groups in total. The Morgan fingerprint density at radius 2 is 1.88 bits per heavy atom. The number of thioether (sulfide) groups is 1. The van der Waals surface area contributed by atoms with Crippen molar-refractivity contribution in [1.82, 2.24) is 30.6 Å². The average molecular weight is 476 g/mol. The number of amides is 2. The molecule has 9 nitrogen and oxygen atoms in total. The van der Waals surface area contributed by atoms with Crippen molar-refractivity contribution >= 4 is 34.9 Å². The molecule has 1 saturated carbocycles. The van der Waals surface area contributed by atoms with Crippen molar-refractivity contribution in [3.8, 4) is 11.4 Å². The van der Waals surface area contributed by atoms with Crippen molar-refractivity contribution in [3.05, 3.63) is 65.1 Å². The molecule has 3 aromatic heterocycles. The highest BCUT2D eigenvalue weighted by molar-refractivity contribution is 8.18. The predicted molar refractivity (Wildman–Crippen MR) is 132 cm³/mol. The summed E-state index contributed by atoms with van der Waals surface area (Å²) in [5.41, 5.74) is 3.79. The summed E-state index contributed by atoms with van der Waals surface area (Å²) in [4.78, 5) is 40.0. The van der Waals surface area contributed by atoms with Crippen LogP contribution in [0, 0.1) is 0 Å².